The molecule has 0 saturated carbocycles. The van der Waals surface area contributed by atoms with Crippen LogP contribution in [0.5, 0.6) is 5.75 Å². The van der Waals surface area contributed by atoms with Gasteiger partial charge in [0.25, 0.3) is 0 Å². The minimum Gasteiger partial charge on any atom is -0.491 e. The number of ether oxygens (including phenoxy) is 1. The summed E-state index contributed by atoms with van der Waals surface area (Å²) in [5.74, 6) is 0.579. The summed E-state index contributed by atoms with van der Waals surface area (Å²) in [5, 5.41) is 6.63. The van der Waals surface area contributed by atoms with E-state index >= 15 is 0 Å². The van der Waals surface area contributed by atoms with Gasteiger partial charge in [0, 0.05) is 5.69 Å². The molecule has 17 heavy (non-hydrogen) atoms. The SMILES string of the molecule is CCOc1cnn(C(=O)Nc2ccccc2)c1. The second kappa shape index (κ2) is 5.16. The maximum atomic E-state index is 11.8. The van der Waals surface area contributed by atoms with Crippen LogP contribution >= 0.6 is 0 Å². The van der Waals surface area contributed by atoms with Gasteiger partial charge in [-0.25, -0.2) is 4.79 Å². The highest BCUT2D eigenvalue weighted by atomic mass is 16.5. The van der Waals surface area contributed by atoms with Crippen molar-refractivity contribution in [1.82, 2.24) is 9.78 Å². The topological polar surface area (TPSA) is 56.2 Å². The Balaban J connectivity index is 2.04. The molecule has 0 atom stereocenters. The quantitative estimate of drug-likeness (QED) is 0.882. The van der Waals surface area contributed by atoms with Crippen molar-refractivity contribution >= 4 is 11.7 Å². The minimum absolute atomic E-state index is 0.317. The first kappa shape index (κ1) is 11.2. The van der Waals surface area contributed by atoms with Gasteiger partial charge in [-0.3, -0.25) is 0 Å². The van der Waals surface area contributed by atoms with E-state index in [9.17, 15) is 4.79 Å². The van der Waals surface area contributed by atoms with Gasteiger partial charge < -0.3 is 10.1 Å². The van der Waals surface area contributed by atoms with Gasteiger partial charge in [0.15, 0.2) is 5.75 Å². The zero-order valence-corrected chi connectivity index (χ0v) is 9.46. The summed E-state index contributed by atoms with van der Waals surface area (Å²) in [5.41, 5.74) is 0.728. The average Bonchev–Trinajstić information content (AvgIpc) is 2.79. The van der Waals surface area contributed by atoms with Crippen LogP contribution in [-0.4, -0.2) is 22.4 Å². The number of hydrogen-bond acceptors (Lipinski definition) is 3. The number of amides is 1. The number of hydrogen-bond donors (Lipinski definition) is 1. The molecule has 2 rings (SSSR count). The summed E-state index contributed by atoms with van der Waals surface area (Å²) in [6, 6.07) is 8.89. The first-order valence-corrected chi connectivity index (χ1v) is 5.33. The van der Waals surface area contributed by atoms with E-state index in [1.807, 2.05) is 37.3 Å². The van der Waals surface area contributed by atoms with Gasteiger partial charge in [-0.05, 0) is 19.1 Å². The van der Waals surface area contributed by atoms with Crippen molar-refractivity contribution in [2.24, 2.45) is 0 Å². The Labute approximate surface area is 99.0 Å². The van der Waals surface area contributed by atoms with E-state index in [1.165, 1.54) is 10.9 Å². The number of para-hydroxylation sites is 1. The molecule has 0 aliphatic carbocycles. The zero-order valence-electron chi connectivity index (χ0n) is 9.46. The molecule has 1 aromatic carbocycles. The number of carbonyl (C=O) groups is 1. The number of nitrogens with zero attached hydrogens (tertiary/aromatic N) is 2. The Morgan fingerprint density at radius 1 is 1.41 bits per heavy atom. The number of carbonyl (C=O) groups excluding carboxylic acids is 1. The summed E-state index contributed by atoms with van der Waals surface area (Å²) >= 11 is 0. The molecule has 0 saturated heterocycles. The third kappa shape index (κ3) is 2.84. The predicted octanol–water partition coefficient (Wildman–Crippen LogP) is 2.36. The number of nitrogens with one attached hydrogen (secondary N) is 1. The maximum absolute atomic E-state index is 11.8. The Bertz CT molecular complexity index is 493. The van der Waals surface area contributed by atoms with E-state index < -0.39 is 0 Å². The molecule has 0 spiro atoms. The molecule has 5 nitrogen and oxygen atoms in total. The van der Waals surface area contributed by atoms with Crippen molar-refractivity contribution in [3.63, 3.8) is 0 Å². The highest BCUT2D eigenvalue weighted by molar-refractivity contribution is 5.90. The first-order valence-electron chi connectivity index (χ1n) is 5.33. The van der Waals surface area contributed by atoms with Gasteiger partial charge in [-0.15, -0.1) is 0 Å². The monoisotopic (exact) mass is 231 g/mol. The lowest BCUT2D eigenvalue weighted by Crippen LogP contribution is -2.19. The van der Waals surface area contributed by atoms with Crippen molar-refractivity contribution in [2.75, 3.05) is 11.9 Å². The third-order valence-corrected chi connectivity index (χ3v) is 2.10. The molecule has 88 valence electrons. The van der Waals surface area contributed by atoms with E-state index in [0.717, 1.165) is 5.69 Å². The predicted molar refractivity (Wildman–Crippen MR) is 64.3 cm³/mol. The lowest BCUT2D eigenvalue weighted by atomic mass is 10.3. The number of aromatic nitrogens is 2. The molecule has 1 N–H and O–H groups in total. The minimum atomic E-state index is -0.317. The van der Waals surface area contributed by atoms with E-state index in [0.29, 0.717) is 12.4 Å². The van der Waals surface area contributed by atoms with Gasteiger partial charge >= 0.3 is 6.03 Å². The molecular weight excluding hydrogens is 218 g/mol. The molecule has 0 unspecified atom stereocenters. The van der Waals surface area contributed by atoms with Crippen LogP contribution in [0.1, 0.15) is 6.92 Å². The number of benzene rings is 1. The van der Waals surface area contributed by atoms with E-state index in [1.54, 1.807) is 6.20 Å². The van der Waals surface area contributed by atoms with Gasteiger partial charge in [0.1, 0.15) is 0 Å². The van der Waals surface area contributed by atoms with E-state index in [2.05, 4.69) is 10.4 Å². The lowest BCUT2D eigenvalue weighted by molar-refractivity contribution is 0.250. The van der Waals surface area contributed by atoms with Crippen molar-refractivity contribution in [3.05, 3.63) is 42.7 Å². The van der Waals surface area contributed by atoms with Crippen molar-refractivity contribution in [3.8, 4) is 5.75 Å². The molecule has 0 bridgehead atoms. The van der Waals surface area contributed by atoms with Gasteiger partial charge in [-0.2, -0.15) is 9.78 Å². The van der Waals surface area contributed by atoms with Crippen molar-refractivity contribution in [2.45, 2.75) is 6.92 Å². The first-order chi connectivity index (χ1) is 8.29. The molecule has 0 aliphatic rings. The van der Waals surface area contributed by atoms with Gasteiger partial charge in [0.2, 0.25) is 0 Å². The summed E-state index contributed by atoms with van der Waals surface area (Å²) in [7, 11) is 0. The number of rotatable bonds is 3. The van der Waals surface area contributed by atoms with Crippen LogP contribution in [0.15, 0.2) is 42.7 Å². The summed E-state index contributed by atoms with van der Waals surface area (Å²) in [6.07, 6.45) is 3.05. The van der Waals surface area contributed by atoms with Crippen LogP contribution in [0.4, 0.5) is 10.5 Å². The normalized spacial score (nSPS) is 9.94. The molecule has 2 aromatic rings. The summed E-state index contributed by atoms with van der Waals surface area (Å²) in [4.78, 5) is 11.8. The van der Waals surface area contributed by atoms with Crippen LogP contribution in [0, 0.1) is 0 Å². The fourth-order valence-corrected chi connectivity index (χ4v) is 1.36. The zero-order chi connectivity index (χ0) is 12.1. The average molecular weight is 231 g/mol. The van der Waals surface area contributed by atoms with Crippen LogP contribution < -0.4 is 10.1 Å². The molecule has 0 aliphatic heterocycles. The molecule has 5 heteroatoms. The fourth-order valence-electron chi connectivity index (χ4n) is 1.36. The number of anilines is 1. The molecule has 0 radical (unpaired) electrons. The second-order valence-corrected chi connectivity index (χ2v) is 3.35. The molecular formula is C12H13N3O2. The third-order valence-electron chi connectivity index (χ3n) is 2.10. The fraction of sp³-hybridized carbons (Fsp3) is 0.167. The highest BCUT2D eigenvalue weighted by Crippen LogP contribution is 2.09. The molecule has 1 heterocycles. The van der Waals surface area contributed by atoms with Crippen molar-refractivity contribution in [1.29, 1.82) is 0 Å². The van der Waals surface area contributed by atoms with Crippen molar-refractivity contribution < 1.29 is 9.53 Å². The smallest absolute Gasteiger partial charge is 0.346 e. The Morgan fingerprint density at radius 2 is 2.18 bits per heavy atom. The Morgan fingerprint density at radius 3 is 2.88 bits per heavy atom. The van der Waals surface area contributed by atoms with Crippen LogP contribution in [0.25, 0.3) is 0 Å². The Hall–Kier alpha value is -2.30. The summed E-state index contributed by atoms with van der Waals surface area (Å²) < 4.78 is 6.43. The van der Waals surface area contributed by atoms with E-state index in [-0.39, 0.29) is 6.03 Å². The Kier molecular flexibility index (Phi) is 3.40. The lowest BCUT2D eigenvalue weighted by Gasteiger charge is -2.03. The van der Waals surface area contributed by atoms with Gasteiger partial charge in [0.05, 0.1) is 19.0 Å². The van der Waals surface area contributed by atoms with Gasteiger partial charge in [-0.1, -0.05) is 18.2 Å². The standard InChI is InChI=1S/C12H13N3O2/c1-2-17-11-8-13-15(9-11)12(16)14-10-6-4-3-5-7-10/h3-9H,2H2,1H3,(H,14,16). The van der Waals surface area contributed by atoms with Crippen LogP contribution in [-0.2, 0) is 0 Å². The maximum Gasteiger partial charge on any atom is 0.346 e. The second-order valence-electron chi connectivity index (χ2n) is 3.35. The molecule has 1 amide bonds. The molecule has 1 aromatic heterocycles. The molecule has 0 fully saturated rings. The van der Waals surface area contributed by atoms with E-state index in [4.69, 9.17) is 4.74 Å². The van der Waals surface area contributed by atoms with Crippen LogP contribution in [0.2, 0.25) is 0 Å². The van der Waals surface area contributed by atoms with Crippen LogP contribution in [0.3, 0.4) is 0 Å². The highest BCUT2D eigenvalue weighted by Gasteiger charge is 2.07. The largest absolute Gasteiger partial charge is 0.491 e. The summed E-state index contributed by atoms with van der Waals surface area (Å²) in [6.45, 7) is 2.42.